The van der Waals surface area contributed by atoms with E-state index in [0.717, 1.165) is 5.69 Å². The van der Waals surface area contributed by atoms with Gasteiger partial charge in [-0.05, 0) is 37.3 Å². The van der Waals surface area contributed by atoms with Crippen molar-refractivity contribution in [1.29, 1.82) is 0 Å². The van der Waals surface area contributed by atoms with Gasteiger partial charge < -0.3 is 4.74 Å². The Hall–Kier alpha value is -2.69. The fraction of sp³-hybridized carbons (Fsp3) is 0.133. The molecule has 5 nitrogen and oxygen atoms in total. The van der Waals surface area contributed by atoms with Crippen LogP contribution in [0.3, 0.4) is 0 Å². The molecule has 0 fully saturated rings. The number of carbonyl (C=O) groups excluding carboxylic acids is 1. The zero-order chi connectivity index (χ0) is 14.2. The van der Waals surface area contributed by atoms with Crippen molar-refractivity contribution in [2.24, 2.45) is 0 Å². The summed E-state index contributed by atoms with van der Waals surface area (Å²) in [5.41, 5.74) is 1.40. The average molecular weight is 269 g/mol. The fourth-order valence-electron chi connectivity index (χ4n) is 1.56. The topological polar surface area (TPSA) is 57.0 Å². The fourth-order valence-corrected chi connectivity index (χ4v) is 1.56. The predicted molar refractivity (Wildman–Crippen MR) is 75.6 cm³/mol. The van der Waals surface area contributed by atoms with Gasteiger partial charge in [0.05, 0.1) is 5.56 Å². The number of rotatable bonds is 5. The Bertz CT molecular complexity index is 599. The lowest BCUT2D eigenvalue weighted by atomic mass is 10.2. The average Bonchev–Trinajstić information content (AvgIpc) is 3.01. The largest absolute Gasteiger partial charge is 0.458 e. The summed E-state index contributed by atoms with van der Waals surface area (Å²) in [5.74, 6) is -0.342. The Morgan fingerprint density at radius 3 is 2.55 bits per heavy atom. The molecule has 0 amide bonds. The minimum absolute atomic E-state index is 0.260. The van der Waals surface area contributed by atoms with Crippen LogP contribution in [0.25, 0.3) is 5.69 Å². The van der Waals surface area contributed by atoms with Crippen LogP contribution < -0.4 is 0 Å². The SMILES string of the molecule is CC=CC=CCOC(=O)c1ccc(-n2cnnc2)cc1. The number of carbonyl (C=O) groups is 1. The summed E-state index contributed by atoms with van der Waals surface area (Å²) in [5, 5.41) is 7.46. The highest BCUT2D eigenvalue weighted by Gasteiger charge is 2.06. The summed E-state index contributed by atoms with van der Waals surface area (Å²) in [6, 6.07) is 7.06. The molecule has 0 bridgehead atoms. The van der Waals surface area contributed by atoms with Gasteiger partial charge >= 0.3 is 5.97 Å². The van der Waals surface area contributed by atoms with Crippen LogP contribution in [0, 0.1) is 0 Å². The van der Waals surface area contributed by atoms with Crippen molar-refractivity contribution in [2.45, 2.75) is 6.92 Å². The third-order valence-corrected chi connectivity index (χ3v) is 2.57. The van der Waals surface area contributed by atoms with Crippen LogP contribution in [0.2, 0.25) is 0 Å². The zero-order valence-electron chi connectivity index (χ0n) is 11.1. The minimum atomic E-state index is -0.342. The second-order valence-corrected chi connectivity index (χ2v) is 3.97. The van der Waals surface area contributed by atoms with Crippen molar-refractivity contribution >= 4 is 5.97 Å². The Labute approximate surface area is 117 Å². The normalized spacial score (nSPS) is 11.2. The summed E-state index contributed by atoms with van der Waals surface area (Å²) in [6.45, 7) is 2.18. The maximum Gasteiger partial charge on any atom is 0.338 e. The molecule has 0 spiro atoms. The van der Waals surface area contributed by atoms with Crippen LogP contribution in [-0.4, -0.2) is 27.3 Å². The van der Waals surface area contributed by atoms with Crippen LogP contribution in [-0.2, 0) is 4.74 Å². The van der Waals surface area contributed by atoms with E-state index in [9.17, 15) is 4.79 Å². The molecule has 0 N–H and O–H groups in total. The highest BCUT2D eigenvalue weighted by Crippen LogP contribution is 2.09. The first-order valence-corrected chi connectivity index (χ1v) is 6.21. The molecule has 0 radical (unpaired) electrons. The van der Waals surface area contributed by atoms with Gasteiger partial charge in [-0.25, -0.2) is 4.79 Å². The number of aromatic nitrogens is 3. The van der Waals surface area contributed by atoms with Crippen LogP contribution >= 0.6 is 0 Å². The van der Waals surface area contributed by atoms with Gasteiger partial charge in [-0.2, -0.15) is 0 Å². The monoisotopic (exact) mass is 269 g/mol. The van der Waals surface area contributed by atoms with E-state index in [1.807, 2.05) is 37.3 Å². The highest BCUT2D eigenvalue weighted by molar-refractivity contribution is 5.89. The lowest BCUT2D eigenvalue weighted by molar-refractivity contribution is 0.0549. The molecule has 0 unspecified atom stereocenters. The Morgan fingerprint density at radius 1 is 1.20 bits per heavy atom. The molecule has 0 saturated heterocycles. The van der Waals surface area contributed by atoms with Crippen molar-refractivity contribution in [3.63, 3.8) is 0 Å². The van der Waals surface area contributed by atoms with Crippen molar-refractivity contribution in [3.8, 4) is 5.69 Å². The molecule has 0 saturated carbocycles. The van der Waals surface area contributed by atoms with Crippen molar-refractivity contribution in [1.82, 2.24) is 14.8 Å². The first kappa shape index (κ1) is 13.7. The molecule has 1 aromatic carbocycles. The van der Waals surface area contributed by atoms with E-state index >= 15 is 0 Å². The van der Waals surface area contributed by atoms with E-state index in [2.05, 4.69) is 10.2 Å². The Morgan fingerprint density at radius 2 is 1.90 bits per heavy atom. The summed E-state index contributed by atoms with van der Waals surface area (Å²) in [6.07, 6.45) is 10.6. The van der Waals surface area contributed by atoms with Crippen molar-refractivity contribution < 1.29 is 9.53 Å². The van der Waals surface area contributed by atoms with Crippen LogP contribution in [0.5, 0.6) is 0 Å². The number of benzene rings is 1. The maximum absolute atomic E-state index is 11.8. The zero-order valence-corrected chi connectivity index (χ0v) is 11.1. The van der Waals surface area contributed by atoms with Gasteiger partial charge in [0, 0.05) is 5.69 Å². The molecule has 102 valence electrons. The summed E-state index contributed by atoms with van der Waals surface area (Å²) in [4.78, 5) is 11.8. The van der Waals surface area contributed by atoms with E-state index in [1.54, 1.807) is 35.4 Å². The predicted octanol–water partition coefficient (Wildman–Crippen LogP) is 2.56. The minimum Gasteiger partial charge on any atom is -0.458 e. The van der Waals surface area contributed by atoms with Crippen molar-refractivity contribution in [3.05, 3.63) is 66.8 Å². The van der Waals surface area contributed by atoms with Gasteiger partial charge in [0.1, 0.15) is 19.3 Å². The third-order valence-electron chi connectivity index (χ3n) is 2.57. The van der Waals surface area contributed by atoms with E-state index in [1.165, 1.54) is 0 Å². The lowest BCUT2D eigenvalue weighted by Gasteiger charge is -2.04. The molecular formula is C15H15N3O2. The van der Waals surface area contributed by atoms with Crippen LogP contribution in [0.4, 0.5) is 0 Å². The third kappa shape index (κ3) is 3.65. The van der Waals surface area contributed by atoms with Crippen LogP contribution in [0.1, 0.15) is 17.3 Å². The van der Waals surface area contributed by atoms with Gasteiger partial charge in [0.2, 0.25) is 0 Å². The van der Waals surface area contributed by atoms with E-state index in [-0.39, 0.29) is 12.6 Å². The summed E-state index contributed by atoms with van der Waals surface area (Å²) >= 11 is 0. The lowest BCUT2D eigenvalue weighted by Crippen LogP contribution is -2.05. The van der Waals surface area contributed by atoms with E-state index in [4.69, 9.17) is 4.74 Å². The van der Waals surface area contributed by atoms with Gasteiger partial charge in [-0.1, -0.05) is 18.2 Å². The number of allylic oxidation sites excluding steroid dienone is 3. The number of hydrogen-bond acceptors (Lipinski definition) is 4. The molecule has 2 rings (SSSR count). The number of ether oxygens (including phenoxy) is 1. The van der Waals surface area contributed by atoms with Gasteiger partial charge in [0.25, 0.3) is 0 Å². The summed E-state index contributed by atoms with van der Waals surface area (Å²) < 4.78 is 6.87. The number of hydrogen-bond donors (Lipinski definition) is 0. The molecule has 0 atom stereocenters. The molecule has 0 aliphatic heterocycles. The molecular weight excluding hydrogens is 254 g/mol. The van der Waals surface area contributed by atoms with Crippen LogP contribution in [0.15, 0.2) is 61.2 Å². The van der Waals surface area contributed by atoms with Gasteiger partial charge in [-0.15, -0.1) is 10.2 Å². The maximum atomic E-state index is 11.8. The Kier molecular flexibility index (Phi) is 4.83. The van der Waals surface area contributed by atoms with Gasteiger partial charge in [0.15, 0.2) is 0 Å². The highest BCUT2D eigenvalue weighted by atomic mass is 16.5. The first-order valence-electron chi connectivity index (χ1n) is 6.21. The molecule has 1 aromatic heterocycles. The molecule has 5 heteroatoms. The van der Waals surface area contributed by atoms with E-state index in [0.29, 0.717) is 5.56 Å². The van der Waals surface area contributed by atoms with Crippen molar-refractivity contribution in [2.75, 3.05) is 6.61 Å². The number of nitrogens with zero attached hydrogens (tertiary/aromatic N) is 3. The second-order valence-electron chi connectivity index (χ2n) is 3.97. The Balaban J connectivity index is 1.94. The molecule has 20 heavy (non-hydrogen) atoms. The molecule has 0 aliphatic carbocycles. The smallest absolute Gasteiger partial charge is 0.338 e. The van der Waals surface area contributed by atoms with Gasteiger partial charge in [-0.3, -0.25) is 4.57 Å². The number of esters is 1. The van der Waals surface area contributed by atoms with E-state index < -0.39 is 0 Å². The molecule has 0 aliphatic rings. The first-order chi connectivity index (χ1) is 9.81. The standard InChI is InChI=1S/C15H15N3O2/c1-2-3-4-5-10-20-15(19)13-6-8-14(9-7-13)18-11-16-17-12-18/h2-9,11-12H,10H2,1H3. The second kappa shape index (κ2) is 7.04. The quantitative estimate of drug-likeness (QED) is 0.618. The molecule has 1 heterocycles. The summed E-state index contributed by atoms with van der Waals surface area (Å²) in [7, 11) is 0. The molecule has 2 aromatic rings.